The molecule has 3 rings (SSSR count). The van der Waals surface area contributed by atoms with Gasteiger partial charge in [-0.2, -0.15) is 0 Å². The van der Waals surface area contributed by atoms with Crippen molar-refractivity contribution in [3.8, 4) is 0 Å². The van der Waals surface area contributed by atoms with Crippen molar-refractivity contribution in [2.75, 3.05) is 19.6 Å². The molecule has 2 fully saturated rings. The van der Waals surface area contributed by atoms with Crippen LogP contribution in [0, 0.1) is 0 Å². The average Bonchev–Trinajstić information content (AvgIpc) is 3.03. The van der Waals surface area contributed by atoms with Gasteiger partial charge in [-0.05, 0) is 26.2 Å². The molecule has 6 nitrogen and oxygen atoms in total. The second kappa shape index (κ2) is 5.16. The van der Waals surface area contributed by atoms with Crippen molar-refractivity contribution >= 4 is 11.8 Å². The van der Waals surface area contributed by atoms with Gasteiger partial charge in [-0.25, -0.2) is 4.98 Å². The summed E-state index contributed by atoms with van der Waals surface area (Å²) in [5, 5.41) is 0. The Morgan fingerprint density at radius 1 is 1.43 bits per heavy atom. The van der Waals surface area contributed by atoms with E-state index in [2.05, 4.69) is 4.98 Å². The van der Waals surface area contributed by atoms with Crippen LogP contribution < -0.4 is 0 Å². The van der Waals surface area contributed by atoms with Gasteiger partial charge < -0.3 is 14.4 Å². The number of rotatable bonds is 2. The summed E-state index contributed by atoms with van der Waals surface area (Å²) in [5.74, 6) is 0.124. The van der Waals surface area contributed by atoms with E-state index in [4.69, 9.17) is 0 Å². The number of piperidine rings is 1. The molecule has 0 bridgehead atoms. The molecule has 1 aromatic heterocycles. The number of carbonyl (C=O) groups is 2. The van der Waals surface area contributed by atoms with E-state index in [1.54, 1.807) is 17.1 Å². The molecule has 1 unspecified atom stereocenters. The van der Waals surface area contributed by atoms with Gasteiger partial charge in [-0.15, -0.1) is 0 Å². The molecular formula is C15H22N4O2. The molecule has 2 aliphatic rings. The minimum Gasteiger partial charge on any atom is -0.341 e. The van der Waals surface area contributed by atoms with E-state index in [1.165, 1.54) is 0 Å². The van der Waals surface area contributed by atoms with Crippen molar-refractivity contribution in [2.45, 2.75) is 38.1 Å². The van der Waals surface area contributed by atoms with Crippen LogP contribution in [0.15, 0.2) is 12.5 Å². The SMILES string of the molecule is CCN1CC2(CCCCN2C(=O)c2cn(C)cn2)CC1=O. The molecule has 2 saturated heterocycles. The van der Waals surface area contributed by atoms with Crippen LogP contribution in [-0.2, 0) is 11.8 Å². The molecule has 1 aromatic rings. The van der Waals surface area contributed by atoms with Gasteiger partial charge in [0.2, 0.25) is 5.91 Å². The van der Waals surface area contributed by atoms with Gasteiger partial charge in [0.15, 0.2) is 0 Å². The molecule has 0 radical (unpaired) electrons. The Hall–Kier alpha value is -1.85. The summed E-state index contributed by atoms with van der Waals surface area (Å²) in [6.07, 6.45) is 6.84. The fraction of sp³-hybridized carbons (Fsp3) is 0.667. The maximum absolute atomic E-state index is 12.8. The third kappa shape index (κ3) is 2.32. The number of nitrogens with zero attached hydrogens (tertiary/aromatic N) is 4. The maximum Gasteiger partial charge on any atom is 0.274 e. The number of aromatic nitrogens is 2. The highest BCUT2D eigenvalue weighted by atomic mass is 16.2. The number of amides is 2. The molecule has 2 amide bonds. The monoisotopic (exact) mass is 290 g/mol. The van der Waals surface area contributed by atoms with Crippen molar-refractivity contribution in [3.63, 3.8) is 0 Å². The number of hydrogen-bond donors (Lipinski definition) is 0. The fourth-order valence-corrected chi connectivity index (χ4v) is 3.60. The quantitative estimate of drug-likeness (QED) is 0.817. The Bertz CT molecular complexity index is 568. The number of carbonyl (C=O) groups excluding carboxylic acids is 2. The van der Waals surface area contributed by atoms with Gasteiger partial charge in [0, 0.05) is 32.9 Å². The van der Waals surface area contributed by atoms with Crippen LogP contribution in [-0.4, -0.2) is 56.3 Å². The Kier molecular flexibility index (Phi) is 3.47. The molecule has 2 aliphatic heterocycles. The standard InChI is InChI=1S/C15H22N4O2/c1-3-18-10-15(8-13(18)20)6-4-5-7-19(15)14(21)12-9-17(2)11-16-12/h9,11H,3-8,10H2,1-2H3. The molecule has 21 heavy (non-hydrogen) atoms. The second-order valence-corrected chi connectivity index (χ2v) is 6.15. The van der Waals surface area contributed by atoms with E-state index < -0.39 is 0 Å². The van der Waals surface area contributed by atoms with Crippen LogP contribution in [0.4, 0.5) is 0 Å². The summed E-state index contributed by atoms with van der Waals surface area (Å²) in [7, 11) is 1.85. The Morgan fingerprint density at radius 3 is 2.86 bits per heavy atom. The molecule has 3 heterocycles. The largest absolute Gasteiger partial charge is 0.341 e. The summed E-state index contributed by atoms with van der Waals surface area (Å²) < 4.78 is 1.78. The molecule has 0 aromatic carbocycles. The van der Waals surface area contributed by atoms with Crippen LogP contribution in [0.5, 0.6) is 0 Å². The predicted molar refractivity (Wildman–Crippen MR) is 77.7 cm³/mol. The lowest BCUT2D eigenvalue weighted by Gasteiger charge is -2.44. The third-order valence-corrected chi connectivity index (χ3v) is 4.72. The van der Waals surface area contributed by atoms with E-state index in [-0.39, 0.29) is 17.4 Å². The molecule has 6 heteroatoms. The number of aryl methyl sites for hydroxylation is 1. The topological polar surface area (TPSA) is 58.4 Å². The van der Waals surface area contributed by atoms with Crippen LogP contribution in [0.25, 0.3) is 0 Å². The highest BCUT2D eigenvalue weighted by Crippen LogP contribution is 2.37. The lowest BCUT2D eigenvalue weighted by atomic mass is 9.85. The Balaban J connectivity index is 1.88. The van der Waals surface area contributed by atoms with Gasteiger partial charge in [0.1, 0.15) is 5.69 Å². The zero-order valence-corrected chi connectivity index (χ0v) is 12.7. The first-order chi connectivity index (χ1) is 10.1. The van der Waals surface area contributed by atoms with E-state index in [1.807, 2.05) is 23.8 Å². The highest BCUT2D eigenvalue weighted by molar-refractivity contribution is 5.94. The first kappa shape index (κ1) is 14.1. The lowest BCUT2D eigenvalue weighted by molar-refractivity contribution is -0.127. The van der Waals surface area contributed by atoms with Crippen molar-refractivity contribution in [2.24, 2.45) is 7.05 Å². The van der Waals surface area contributed by atoms with Gasteiger partial charge in [-0.1, -0.05) is 0 Å². The summed E-state index contributed by atoms with van der Waals surface area (Å²) >= 11 is 0. The third-order valence-electron chi connectivity index (χ3n) is 4.72. The lowest BCUT2D eigenvalue weighted by Crippen LogP contribution is -2.56. The van der Waals surface area contributed by atoms with Crippen LogP contribution >= 0.6 is 0 Å². The number of imidazole rings is 1. The number of likely N-dealkylation sites (N-methyl/N-ethyl adjacent to an activating group) is 1. The van der Waals surface area contributed by atoms with E-state index in [9.17, 15) is 9.59 Å². The second-order valence-electron chi connectivity index (χ2n) is 6.15. The molecule has 0 N–H and O–H groups in total. The first-order valence-electron chi connectivity index (χ1n) is 7.63. The summed E-state index contributed by atoms with van der Waals surface area (Å²) in [6.45, 7) is 4.10. The molecule has 0 aliphatic carbocycles. The van der Waals surface area contributed by atoms with Gasteiger partial charge in [0.25, 0.3) is 5.91 Å². The normalized spacial score (nSPS) is 25.9. The van der Waals surface area contributed by atoms with E-state index in [0.717, 1.165) is 25.8 Å². The van der Waals surface area contributed by atoms with Crippen molar-refractivity contribution in [1.29, 1.82) is 0 Å². The zero-order valence-electron chi connectivity index (χ0n) is 12.7. The summed E-state index contributed by atoms with van der Waals surface area (Å²) in [5.41, 5.74) is 0.154. The zero-order chi connectivity index (χ0) is 15.0. The molecule has 114 valence electrons. The van der Waals surface area contributed by atoms with Crippen molar-refractivity contribution in [1.82, 2.24) is 19.4 Å². The summed E-state index contributed by atoms with van der Waals surface area (Å²) in [4.78, 5) is 32.9. The minimum absolute atomic E-state index is 0.0407. The van der Waals surface area contributed by atoms with E-state index >= 15 is 0 Å². The first-order valence-corrected chi connectivity index (χ1v) is 7.63. The molecule has 1 atom stereocenters. The Morgan fingerprint density at radius 2 is 2.24 bits per heavy atom. The average molecular weight is 290 g/mol. The summed E-state index contributed by atoms with van der Waals surface area (Å²) in [6, 6.07) is 0. The number of hydrogen-bond acceptors (Lipinski definition) is 3. The highest BCUT2D eigenvalue weighted by Gasteiger charge is 2.49. The molecular weight excluding hydrogens is 268 g/mol. The molecule has 1 spiro atoms. The minimum atomic E-state index is -0.319. The smallest absolute Gasteiger partial charge is 0.274 e. The fourth-order valence-electron chi connectivity index (χ4n) is 3.60. The van der Waals surface area contributed by atoms with Crippen molar-refractivity contribution < 1.29 is 9.59 Å². The van der Waals surface area contributed by atoms with Crippen LogP contribution in [0.3, 0.4) is 0 Å². The molecule has 0 saturated carbocycles. The van der Waals surface area contributed by atoms with Crippen LogP contribution in [0.1, 0.15) is 43.1 Å². The van der Waals surface area contributed by atoms with Crippen molar-refractivity contribution in [3.05, 3.63) is 18.2 Å². The van der Waals surface area contributed by atoms with Gasteiger partial charge in [0.05, 0.1) is 18.3 Å². The number of likely N-dealkylation sites (tertiary alicyclic amines) is 2. The van der Waals surface area contributed by atoms with Gasteiger partial charge >= 0.3 is 0 Å². The maximum atomic E-state index is 12.8. The van der Waals surface area contributed by atoms with E-state index in [0.29, 0.717) is 25.2 Å². The van der Waals surface area contributed by atoms with Crippen LogP contribution in [0.2, 0.25) is 0 Å². The Labute approximate surface area is 124 Å². The predicted octanol–water partition coefficient (Wildman–Crippen LogP) is 1.04. The van der Waals surface area contributed by atoms with Gasteiger partial charge in [-0.3, -0.25) is 9.59 Å².